The fourth-order valence-electron chi connectivity index (χ4n) is 2.78. The number of carbonyl (C=O) groups excluding carboxylic acids is 1. The Morgan fingerprint density at radius 2 is 2.18 bits per heavy atom. The number of hydrogen-bond acceptors (Lipinski definition) is 2. The summed E-state index contributed by atoms with van der Waals surface area (Å²) in [6.45, 7) is 1.60. The average molecular weight is 234 g/mol. The van der Waals surface area contributed by atoms with Crippen LogP contribution in [0.2, 0.25) is 0 Å². The van der Waals surface area contributed by atoms with Crippen LogP contribution in [0.4, 0.5) is 0 Å². The van der Waals surface area contributed by atoms with Crippen LogP contribution in [0.5, 0.6) is 0 Å². The maximum absolute atomic E-state index is 12.0. The number of carbonyl (C=O) groups is 1. The minimum Gasteiger partial charge on any atom is -0.348 e. The minimum atomic E-state index is 0.220. The molecule has 1 aromatic heterocycles. The highest BCUT2D eigenvalue weighted by atomic mass is 16.1. The lowest BCUT2D eigenvalue weighted by molar-refractivity contribution is 0.0930. The third kappa shape index (κ3) is 3.19. The third-order valence-electron chi connectivity index (χ3n) is 3.69. The van der Waals surface area contributed by atoms with Gasteiger partial charge in [-0.25, -0.2) is 0 Å². The second-order valence-corrected chi connectivity index (χ2v) is 5.27. The SMILES string of the molecule is CN(CC(=O)c1cccn1C)CC1CCCC1. The van der Waals surface area contributed by atoms with E-state index in [2.05, 4.69) is 11.9 Å². The lowest BCUT2D eigenvalue weighted by Crippen LogP contribution is -2.30. The Kier molecular flexibility index (Phi) is 4.00. The van der Waals surface area contributed by atoms with Gasteiger partial charge in [0.05, 0.1) is 12.2 Å². The number of rotatable bonds is 5. The second-order valence-electron chi connectivity index (χ2n) is 5.27. The zero-order valence-corrected chi connectivity index (χ0v) is 10.9. The van der Waals surface area contributed by atoms with Gasteiger partial charge < -0.3 is 4.57 Å². The Balaban J connectivity index is 1.83. The van der Waals surface area contributed by atoms with Crippen LogP contribution in [0, 0.1) is 5.92 Å². The van der Waals surface area contributed by atoms with Gasteiger partial charge in [-0.1, -0.05) is 12.8 Å². The lowest BCUT2D eigenvalue weighted by atomic mass is 10.1. The summed E-state index contributed by atoms with van der Waals surface area (Å²) >= 11 is 0. The summed E-state index contributed by atoms with van der Waals surface area (Å²) in [4.78, 5) is 14.2. The lowest BCUT2D eigenvalue weighted by Gasteiger charge is -2.19. The number of hydrogen-bond donors (Lipinski definition) is 0. The fraction of sp³-hybridized carbons (Fsp3) is 0.643. The first-order valence-corrected chi connectivity index (χ1v) is 6.50. The maximum atomic E-state index is 12.0. The average Bonchev–Trinajstić information content (AvgIpc) is 2.88. The number of aromatic nitrogens is 1. The van der Waals surface area contributed by atoms with Gasteiger partial charge in [0.1, 0.15) is 0 Å². The molecule has 0 radical (unpaired) electrons. The van der Waals surface area contributed by atoms with E-state index in [9.17, 15) is 4.79 Å². The normalized spacial score (nSPS) is 16.9. The molecule has 3 heteroatoms. The Labute approximate surface area is 103 Å². The molecule has 1 aromatic rings. The Hall–Kier alpha value is -1.09. The van der Waals surface area contributed by atoms with Gasteiger partial charge in [0.25, 0.3) is 0 Å². The van der Waals surface area contributed by atoms with Gasteiger partial charge in [0, 0.05) is 19.8 Å². The molecule has 1 heterocycles. The molecule has 3 nitrogen and oxygen atoms in total. The van der Waals surface area contributed by atoms with Crippen LogP contribution in [0.15, 0.2) is 18.3 Å². The van der Waals surface area contributed by atoms with E-state index >= 15 is 0 Å². The molecule has 0 amide bonds. The van der Waals surface area contributed by atoms with E-state index in [1.54, 1.807) is 0 Å². The number of aryl methyl sites for hydroxylation is 1. The molecule has 0 atom stereocenters. The number of ketones is 1. The van der Waals surface area contributed by atoms with E-state index in [0.717, 1.165) is 18.2 Å². The van der Waals surface area contributed by atoms with Crippen LogP contribution in [-0.2, 0) is 7.05 Å². The molecular weight excluding hydrogens is 212 g/mol. The molecule has 0 bridgehead atoms. The van der Waals surface area contributed by atoms with Gasteiger partial charge in [0.15, 0.2) is 5.78 Å². The van der Waals surface area contributed by atoms with E-state index in [4.69, 9.17) is 0 Å². The van der Waals surface area contributed by atoms with Crippen molar-refractivity contribution in [3.63, 3.8) is 0 Å². The highest BCUT2D eigenvalue weighted by molar-refractivity contribution is 5.96. The minimum absolute atomic E-state index is 0.220. The van der Waals surface area contributed by atoms with E-state index in [-0.39, 0.29) is 5.78 Å². The summed E-state index contributed by atoms with van der Waals surface area (Å²) in [5.74, 6) is 1.03. The first-order chi connectivity index (χ1) is 8.16. The van der Waals surface area contributed by atoms with Crippen molar-refractivity contribution in [1.29, 1.82) is 0 Å². The summed E-state index contributed by atoms with van der Waals surface area (Å²) in [7, 11) is 3.98. The molecule has 17 heavy (non-hydrogen) atoms. The summed E-state index contributed by atoms with van der Waals surface area (Å²) in [6, 6.07) is 3.82. The molecular formula is C14H22N2O. The van der Waals surface area contributed by atoms with Crippen LogP contribution in [-0.4, -0.2) is 35.4 Å². The van der Waals surface area contributed by atoms with Crippen molar-refractivity contribution in [2.75, 3.05) is 20.1 Å². The predicted molar refractivity (Wildman–Crippen MR) is 69.2 cm³/mol. The maximum Gasteiger partial charge on any atom is 0.193 e. The summed E-state index contributed by atoms with van der Waals surface area (Å²) in [6.07, 6.45) is 7.32. The molecule has 0 aliphatic heterocycles. The van der Waals surface area contributed by atoms with Crippen molar-refractivity contribution in [1.82, 2.24) is 9.47 Å². The molecule has 0 N–H and O–H groups in total. The Bertz CT molecular complexity index is 377. The quantitative estimate of drug-likeness (QED) is 0.731. The van der Waals surface area contributed by atoms with Crippen LogP contribution in [0.3, 0.4) is 0 Å². The highest BCUT2D eigenvalue weighted by Crippen LogP contribution is 2.25. The molecule has 2 rings (SSSR count). The topological polar surface area (TPSA) is 25.2 Å². The van der Waals surface area contributed by atoms with Gasteiger partial charge in [-0.2, -0.15) is 0 Å². The van der Waals surface area contributed by atoms with Crippen molar-refractivity contribution in [2.24, 2.45) is 13.0 Å². The standard InChI is InChI=1S/C14H22N2O/c1-15(10-12-6-3-4-7-12)11-14(17)13-8-5-9-16(13)2/h5,8-9,12H,3-4,6-7,10-11H2,1-2H3. The zero-order chi connectivity index (χ0) is 12.3. The third-order valence-corrected chi connectivity index (χ3v) is 3.69. The highest BCUT2D eigenvalue weighted by Gasteiger charge is 2.18. The molecule has 0 unspecified atom stereocenters. The molecule has 0 saturated heterocycles. The predicted octanol–water partition coefficient (Wildman–Crippen LogP) is 2.33. The molecule has 1 saturated carbocycles. The first-order valence-electron chi connectivity index (χ1n) is 6.50. The summed E-state index contributed by atoms with van der Waals surface area (Å²) in [5.41, 5.74) is 0.809. The molecule has 1 aliphatic carbocycles. The number of likely N-dealkylation sites (N-methyl/N-ethyl adjacent to an activating group) is 1. The number of nitrogens with zero attached hydrogens (tertiary/aromatic N) is 2. The second kappa shape index (κ2) is 5.50. The molecule has 0 aromatic carbocycles. The van der Waals surface area contributed by atoms with Gasteiger partial charge in [-0.3, -0.25) is 9.69 Å². The first kappa shape index (κ1) is 12.4. The van der Waals surface area contributed by atoms with E-state index in [1.807, 2.05) is 29.9 Å². The van der Waals surface area contributed by atoms with Crippen molar-refractivity contribution in [2.45, 2.75) is 25.7 Å². The van der Waals surface area contributed by atoms with Crippen molar-refractivity contribution in [3.8, 4) is 0 Å². The monoisotopic (exact) mass is 234 g/mol. The molecule has 1 aliphatic rings. The van der Waals surface area contributed by atoms with Crippen LogP contribution < -0.4 is 0 Å². The molecule has 94 valence electrons. The zero-order valence-electron chi connectivity index (χ0n) is 10.9. The number of Topliss-reactive ketones (excluding diaryl/α,β-unsaturated/α-hetero) is 1. The van der Waals surface area contributed by atoms with Crippen LogP contribution >= 0.6 is 0 Å². The van der Waals surface area contributed by atoms with Gasteiger partial charge in [0.2, 0.25) is 0 Å². The van der Waals surface area contributed by atoms with E-state index in [0.29, 0.717) is 6.54 Å². The van der Waals surface area contributed by atoms with Crippen LogP contribution in [0.25, 0.3) is 0 Å². The summed E-state index contributed by atoms with van der Waals surface area (Å²) in [5, 5.41) is 0. The van der Waals surface area contributed by atoms with Crippen molar-refractivity contribution >= 4 is 5.78 Å². The van der Waals surface area contributed by atoms with Crippen molar-refractivity contribution in [3.05, 3.63) is 24.0 Å². The van der Waals surface area contributed by atoms with Crippen LogP contribution in [0.1, 0.15) is 36.2 Å². The molecule has 1 fully saturated rings. The summed E-state index contributed by atoms with van der Waals surface area (Å²) < 4.78 is 1.89. The van der Waals surface area contributed by atoms with Gasteiger partial charge in [-0.05, 0) is 37.9 Å². The molecule has 0 spiro atoms. The smallest absolute Gasteiger partial charge is 0.193 e. The Morgan fingerprint density at radius 1 is 1.47 bits per heavy atom. The Morgan fingerprint density at radius 3 is 2.76 bits per heavy atom. The van der Waals surface area contributed by atoms with Gasteiger partial charge in [-0.15, -0.1) is 0 Å². The largest absolute Gasteiger partial charge is 0.348 e. The fourth-order valence-corrected chi connectivity index (χ4v) is 2.78. The van der Waals surface area contributed by atoms with E-state index in [1.165, 1.54) is 25.7 Å². The van der Waals surface area contributed by atoms with E-state index < -0.39 is 0 Å². The van der Waals surface area contributed by atoms with Gasteiger partial charge >= 0.3 is 0 Å². The van der Waals surface area contributed by atoms with Crippen molar-refractivity contribution < 1.29 is 4.79 Å².